The highest BCUT2D eigenvalue weighted by Crippen LogP contribution is 2.36. The minimum atomic E-state index is -0.291. The molecule has 0 bridgehead atoms. The Kier molecular flexibility index (Phi) is 5.48. The van der Waals surface area contributed by atoms with Gasteiger partial charge >= 0.3 is 0 Å². The Bertz CT molecular complexity index is 781. The maximum absolute atomic E-state index is 13.5. The molecule has 0 saturated carbocycles. The number of hydrogen-bond acceptors (Lipinski definition) is 4. The maximum Gasteiger partial charge on any atom is 0.258 e. The van der Waals surface area contributed by atoms with Crippen molar-refractivity contribution in [3.63, 3.8) is 0 Å². The predicted molar refractivity (Wildman–Crippen MR) is 95.9 cm³/mol. The van der Waals surface area contributed by atoms with Crippen LogP contribution in [0.5, 0.6) is 11.5 Å². The number of methoxy groups -OCH3 is 1. The molecule has 0 aliphatic carbocycles. The molecular weight excluding hydrogens is 341 g/mol. The molecule has 2 aromatic rings. The van der Waals surface area contributed by atoms with Gasteiger partial charge in [0, 0.05) is 10.6 Å². The number of fused-ring (bicyclic) bond motifs is 1. The van der Waals surface area contributed by atoms with E-state index >= 15 is 0 Å². The Morgan fingerprint density at radius 1 is 1.28 bits per heavy atom. The van der Waals surface area contributed by atoms with Gasteiger partial charge in [-0.1, -0.05) is 6.07 Å². The molecule has 132 valence electrons. The van der Waals surface area contributed by atoms with Crippen molar-refractivity contribution < 1.29 is 18.7 Å². The van der Waals surface area contributed by atoms with Gasteiger partial charge in [-0.25, -0.2) is 4.39 Å². The van der Waals surface area contributed by atoms with Gasteiger partial charge in [-0.3, -0.25) is 4.79 Å². The summed E-state index contributed by atoms with van der Waals surface area (Å²) in [6.07, 6.45) is 0.765. The number of halogens is 1. The van der Waals surface area contributed by atoms with E-state index in [1.54, 1.807) is 31.0 Å². The van der Waals surface area contributed by atoms with E-state index in [1.807, 2.05) is 19.1 Å². The van der Waals surface area contributed by atoms with E-state index in [4.69, 9.17) is 9.47 Å². The zero-order chi connectivity index (χ0) is 17.8. The molecule has 6 heteroatoms. The van der Waals surface area contributed by atoms with E-state index in [1.165, 1.54) is 12.1 Å². The second kappa shape index (κ2) is 7.78. The van der Waals surface area contributed by atoms with Gasteiger partial charge in [0.25, 0.3) is 5.91 Å². The van der Waals surface area contributed by atoms with Crippen molar-refractivity contribution in [3.8, 4) is 11.5 Å². The Morgan fingerprint density at radius 3 is 2.92 bits per heavy atom. The second-order valence-electron chi connectivity index (χ2n) is 5.88. The van der Waals surface area contributed by atoms with Gasteiger partial charge in [0.1, 0.15) is 5.82 Å². The highest BCUT2D eigenvalue weighted by molar-refractivity contribution is 7.99. The summed E-state index contributed by atoms with van der Waals surface area (Å²) >= 11 is 1.68. The van der Waals surface area contributed by atoms with E-state index < -0.39 is 0 Å². The SMILES string of the molecule is COc1cc(C)ccc1OCC(=O)NC1CCSc2ccc(F)cc21. The maximum atomic E-state index is 13.5. The Hall–Kier alpha value is -2.21. The van der Waals surface area contributed by atoms with Crippen molar-refractivity contribution in [2.45, 2.75) is 24.3 Å². The van der Waals surface area contributed by atoms with Gasteiger partial charge in [0.05, 0.1) is 13.2 Å². The first-order valence-corrected chi connectivity index (χ1v) is 9.04. The summed E-state index contributed by atoms with van der Waals surface area (Å²) in [4.78, 5) is 13.3. The smallest absolute Gasteiger partial charge is 0.258 e. The van der Waals surface area contributed by atoms with Crippen LogP contribution >= 0.6 is 11.8 Å². The molecule has 3 rings (SSSR count). The molecule has 1 N–H and O–H groups in total. The van der Waals surface area contributed by atoms with Gasteiger partial charge in [-0.05, 0) is 54.8 Å². The van der Waals surface area contributed by atoms with E-state index in [0.29, 0.717) is 11.5 Å². The zero-order valence-electron chi connectivity index (χ0n) is 14.2. The number of carbonyl (C=O) groups is 1. The van der Waals surface area contributed by atoms with E-state index in [9.17, 15) is 9.18 Å². The first kappa shape index (κ1) is 17.6. The van der Waals surface area contributed by atoms with Gasteiger partial charge in [-0.2, -0.15) is 0 Å². The van der Waals surface area contributed by atoms with Gasteiger partial charge in [0.2, 0.25) is 0 Å². The van der Waals surface area contributed by atoms with Crippen LogP contribution in [0.2, 0.25) is 0 Å². The summed E-state index contributed by atoms with van der Waals surface area (Å²) in [5.41, 5.74) is 1.88. The number of ether oxygens (including phenoxy) is 2. The van der Waals surface area contributed by atoms with Crippen LogP contribution in [-0.2, 0) is 4.79 Å². The lowest BCUT2D eigenvalue weighted by Crippen LogP contribution is -2.34. The summed E-state index contributed by atoms with van der Waals surface area (Å²) in [6.45, 7) is 1.84. The fraction of sp³-hybridized carbons (Fsp3) is 0.316. The lowest BCUT2D eigenvalue weighted by atomic mass is 10.0. The Labute approximate surface area is 150 Å². The average molecular weight is 361 g/mol. The molecule has 1 atom stereocenters. The predicted octanol–water partition coefficient (Wildman–Crippen LogP) is 3.87. The van der Waals surface area contributed by atoms with Crippen molar-refractivity contribution >= 4 is 17.7 Å². The summed E-state index contributed by atoms with van der Waals surface area (Å²) in [7, 11) is 1.56. The first-order chi connectivity index (χ1) is 12.1. The van der Waals surface area contributed by atoms with E-state index in [-0.39, 0.29) is 24.4 Å². The number of carbonyl (C=O) groups excluding carboxylic acids is 1. The van der Waals surface area contributed by atoms with Crippen LogP contribution in [0.1, 0.15) is 23.6 Å². The summed E-state index contributed by atoms with van der Waals surface area (Å²) in [5.74, 6) is 1.47. The van der Waals surface area contributed by atoms with Gasteiger partial charge in [-0.15, -0.1) is 11.8 Å². The number of nitrogens with one attached hydrogen (secondary N) is 1. The average Bonchev–Trinajstić information content (AvgIpc) is 2.61. The van der Waals surface area contributed by atoms with Crippen molar-refractivity contribution in [2.24, 2.45) is 0 Å². The fourth-order valence-corrected chi connectivity index (χ4v) is 3.89. The molecule has 0 spiro atoms. The standard InChI is InChI=1S/C19H20FNO3S/c1-12-3-5-16(17(9-12)23-2)24-11-19(22)21-15-7-8-25-18-6-4-13(20)10-14(15)18/h3-6,9-10,15H,7-8,11H2,1-2H3,(H,21,22). The van der Waals surface area contributed by atoms with Crippen LogP contribution in [-0.4, -0.2) is 25.4 Å². The number of amides is 1. The van der Waals surface area contributed by atoms with Crippen molar-refractivity contribution in [3.05, 3.63) is 53.3 Å². The third-order valence-electron chi connectivity index (χ3n) is 4.02. The molecule has 2 aromatic carbocycles. The van der Waals surface area contributed by atoms with Crippen molar-refractivity contribution in [1.29, 1.82) is 0 Å². The van der Waals surface area contributed by atoms with Gasteiger partial charge in [0.15, 0.2) is 18.1 Å². The van der Waals surface area contributed by atoms with Crippen molar-refractivity contribution in [2.75, 3.05) is 19.5 Å². The molecule has 0 aromatic heterocycles. The molecule has 25 heavy (non-hydrogen) atoms. The number of rotatable bonds is 5. The third kappa shape index (κ3) is 4.25. The Balaban J connectivity index is 1.64. The fourth-order valence-electron chi connectivity index (χ4n) is 2.79. The quantitative estimate of drug-likeness (QED) is 0.878. The van der Waals surface area contributed by atoms with Crippen LogP contribution in [0.3, 0.4) is 0 Å². The number of thioether (sulfide) groups is 1. The first-order valence-electron chi connectivity index (χ1n) is 8.06. The monoisotopic (exact) mass is 361 g/mol. The van der Waals surface area contributed by atoms with E-state index in [2.05, 4.69) is 5.32 Å². The van der Waals surface area contributed by atoms with Gasteiger partial charge < -0.3 is 14.8 Å². The molecule has 1 amide bonds. The lowest BCUT2D eigenvalue weighted by Gasteiger charge is -2.26. The molecule has 0 saturated heterocycles. The topological polar surface area (TPSA) is 47.6 Å². The molecule has 1 aliphatic heterocycles. The zero-order valence-corrected chi connectivity index (χ0v) is 15.0. The highest BCUT2D eigenvalue weighted by atomic mass is 32.2. The molecule has 0 fully saturated rings. The lowest BCUT2D eigenvalue weighted by molar-refractivity contribution is -0.123. The molecule has 1 heterocycles. The minimum Gasteiger partial charge on any atom is -0.493 e. The van der Waals surface area contributed by atoms with Crippen LogP contribution in [0, 0.1) is 12.7 Å². The summed E-state index contributed by atoms with van der Waals surface area (Å²) in [5, 5.41) is 2.94. The third-order valence-corrected chi connectivity index (χ3v) is 5.15. The molecule has 1 unspecified atom stereocenters. The summed E-state index contributed by atoms with van der Waals surface area (Å²) < 4.78 is 24.4. The summed E-state index contributed by atoms with van der Waals surface area (Å²) in [6, 6.07) is 10.0. The second-order valence-corrected chi connectivity index (χ2v) is 7.02. The molecular formula is C19H20FNO3S. The van der Waals surface area contributed by atoms with Crippen LogP contribution < -0.4 is 14.8 Å². The normalized spacial score (nSPS) is 16.0. The number of benzene rings is 2. The van der Waals surface area contributed by atoms with Crippen LogP contribution in [0.4, 0.5) is 4.39 Å². The molecule has 4 nitrogen and oxygen atoms in total. The molecule has 1 aliphatic rings. The Morgan fingerprint density at radius 2 is 2.12 bits per heavy atom. The largest absolute Gasteiger partial charge is 0.493 e. The van der Waals surface area contributed by atoms with Crippen LogP contribution in [0.25, 0.3) is 0 Å². The number of aryl methyl sites for hydroxylation is 1. The molecule has 0 radical (unpaired) electrons. The number of hydrogen-bond donors (Lipinski definition) is 1. The highest BCUT2D eigenvalue weighted by Gasteiger charge is 2.23. The van der Waals surface area contributed by atoms with Crippen molar-refractivity contribution in [1.82, 2.24) is 5.32 Å². The van der Waals surface area contributed by atoms with Crippen LogP contribution in [0.15, 0.2) is 41.3 Å². The minimum absolute atomic E-state index is 0.117. The van der Waals surface area contributed by atoms with E-state index in [0.717, 1.165) is 28.2 Å².